The highest BCUT2D eigenvalue weighted by Crippen LogP contribution is 2.03. The summed E-state index contributed by atoms with van der Waals surface area (Å²) in [6.07, 6.45) is 0. The minimum absolute atomic E-state index is 0.0844. The number of carbonyl (C=O) groups is 1. The van der Waals surface area contributed by atoms with Gasteiger partial charge in [0, 0.05) is 5.56 Å². The van der Waals surface area contributed by atoms with Crippen molar-refractivity contribution < 1.29 is 4.79 Å². The Labute approximate surface area is 76.4 Å². The van der Waals surface area contributed by atoms with E-state index in [4.69, 9.17) is 5.73 Å². The van der Waals surface area contributed by atoms with E-state index in [2.05, 4.69) is 12.2 Å². The summed E-state index contributed by atoms with van der Waals surface area (Å²) in [5.74, 6) is -0.273. The van der Waals surface area contributed by atoms with Gasteiger partial charge in [-0.1, -0.05) is 42.0 Å². The summed E-state index contributed by atoms with van der Waals surface area (Å²) in [5, 5.41) is 0. The highest BCUT2D eigenvalue weighted by molar-refractivity contribution is 7.82. The topological polar surface area (TPSA) is 43.1 Å². The van der Waals surface area contributed by atoms with Crippen LogP contribution in [0.5, 0.6) is 0 Å². The van der Waals surface area contributed by atoms with Crippen molar-refractivity contribution in [1.82, 2.24) is 0 Å². The Balaban J connectivity index is 2.98. The van der Waals surface area contributed by atoms with E-state index in [0.717, 1.165) is 5.56 Å². The number of nitrogens with two attached hydrogens (primary N) is 1. The van der Waals surface area contributed by atoms with Crippen molar-refractivity contribution in [2.24, 2.45) is 5.73 Å². The fourth-order valence-electron chi connectivity index (χ4n) is 0.847. The first kappa shape index (κ1) is 8.87. The molecular weight excluding hydrogens is 170 g/mol. The molecule has 0 spiro atoms. The third kappa shape index (κ3) is 1.89. The summed E-state index contributed by atoms with van der Waals surface area (Å²) in [6, 6.07) is 7.14. The molecule has 0 aliphatic heterocycles. The van der Waals surface area contributed by atoms with Gasteiger partial charge in [-0.25, -0.2) is 0 Å². The lowest BCUT2D eigenvalue weighted by Gasteiger charge is -1.97. The minimum atomic E-state index is -0.273. The van der Waals surface area contributed by atoms with Crippen LogP contribution in [0, 0.1) is 6.92 Å². The lowest BCUT2D eigenvalue weighted by atomic mass is 10.1. The number of benzene rings is 1. The number of carbonyl (C=O) groups excluding carboxylic acids is 1. The van der Waals surface area contributed by atoms with E-state index in [0.29, 0.717) is 5.56 Å². The second-order valence-electron chi connectivity index (χ2n) is 2.56. The predicted molar refractivity (Wildman–Crippen MR) is 52.3 cm³/mol. The van der Waals surface area contributed by atoms with Gasteiger partial charge in [0.1, 0.15) is 4.99 Å². The molecule has 0 fully saturated rings. The number of Topliss-reactive ketones (excluding diaryl/α,β-unsaturated/α-hetero) is 1. The zero-order valence-corrected chi connectivity index (χ0v) is 7.52. The summed E-state index contributed by atoms with van der Waals surface area (Å²) in [4.78, 5) is 11.1. The zero-order chi connectivity index (χ0) is 9.14. The fraction of sp³-hybridized carbons (Fsp3) is 0.111. The van der Waals surface area contributed by atoms with Gasteiger partial charge in [0.05, 0.1) is 0 Å². The van der Waals surface area contributed by atoms with Gasteiger partial charge in [-0.2, -0.15) is 0 Å². The molecule has 12 heavy (non-hydrogen) atoms. The first-order chi connectivity index (χ1) is 5.61. The van der Waals surface area contributed by atoms with Crippen LogP contribution in [0.2, 0.25) is 0 Å². The molecule has 62 valence electrons. The molecule has 0 saturated heterocycles. The summed E-state index contributed by atoms with van der Waals surface area (Å²) in [6.45, 7) is 1.95. The number of rotatable bonds is 2. The molecule has 1 rings (SSSR count). The van der Waals surface area contributed by atoms with Crippen molar-refractivity contribution in [3.05, 3.63) is 35.4 Å². The number of aryl methyl sites for hydroxylation is 1. The Morgan fingerprint density at radius 2 is 1.83 bits per heavy atom. The Hall–Kier alpha value is -1.22. The molecule has 1 aromatic rings. The van der Waals surface area contributed by atoms with E-state index < -0.39 is 0 Å². The Morgan fingerprint density at radius 1 is 1.33 bits per heavy atom. The van der Waals surface area contributed by atoms with Crippen LogP contribution >= 0.6 is 12.2 Å². The molecule has 0 heterocycles. The van der Waals surface area contributed by atoms with Gasteiger partial charge in [-0.15, -0.1) is 0 Å². The second kappa shape index (κ2) is 3.45. The summed E-state index contributed by atoms with van der Waals surface area (Å²) in [7, 11) is 0. The van der Waals surface area contributed by atoms with E-state index in [-0.39, 0.29) is 10.8 Å². The third-order valence-electron chi connectivity index (χ3n) is 1.54. The molecule has 2 nitrogen and oxygen atoms in total. The molecule has 0 aliphatic carbocycles. The molecule has 0 unspecified atom stereocenters. The second-order valence-corrected chi connectivity index (χ2v) is 3.00. The normalized spacial score (nSPS) is 9.42. The highest BCUT2D eigenvalue weighted by atomic mass is 32.1. The molecule has 0 aromatic heterocycles. The number of hydrogen-bond acceptors (Lipinski definition) is 2. The van der Waals surface area contributed by atoms with Crippen molar-refractivity contribution in [3.63, 3.8) is 0 Å². The largest absolute Gasteiger partial charge is 0.387 e. The maximum Gasteiger partial charge on any atom is 0.219 e. The van der Waals surface area contributed by atoms with Crippen LogP contribution in [-0.2, 0) is 0 Å². The smallest absolute Gasteiger partial charge is 0.219 e. The van der Waals surface area contributed by atoms with E-state index in [1.165, 1.54) is 0 Å². The zero-order valence-electron chi connectivity index (χ0n) is 6.70. The first-order valence-electron chi connectivity index (χ1n) is 3.52. The first-order valence-corrected chi connectivity index (χ1v) is 3.93. The SMILES string of the molecule is Cc1ccc(C(=O)C(N)=S)cc1. The predicted octanol–water partition coefficient (Wildman–Crippen LogP) is 1.46. The van der Waals surface area contributed by atoms with Gasteiger partial charge in [0.15, 0.2) is 0 Å². The van der Waals surface area contributed by atoms with Crippen molar-refractivity contribution in [2.75, 3.05) is 0 Å². The van der Waals surface area contributed by atoms with Crippen molar-refractivity contribution in [1.29, 1.82) is 0 Å². The molecule has 0 atom stereocenters. The van der Waals surface area contributed by atoms with Gasteiger partial charge in [-0.3, -0.25) is 4.79 Å². The van der Waals surface area contributed by atoms with E-state index >= 15 is 0 Å². The van der Waals surface area contributed by atoms with Gasteiger partial charge in [-0.05, 0) is 6.92 Å². The molecule has 0 radical (unpaired) electrons. The number of thiocarbonyl (C=S) groups is 1. The van der Waals surface area contributed by atoms with Crippen LogP contribution < -0.4 is 5.73 Å². The molecule has 0 amide bonds. The van der Waals surface area contributed by atoms with Crippen LogP contribution in [0.25, 0.3) is 0 Å². The third-order valence-corrected chi connectivity index (χ3v) is 1.72. The Morgan fingerprint density at radius 3 is 2.25 bits per heavy atom. The maximum atomic E-state index is 11.2. The van der Waals surface area contributed by atoms with E-state index in [1.54, 1.807) is 12.1 Å². The summed E-state index contributed by atoms with van der Waals surface area (Å²) >= 11 is 4.56. The van der Waals surface area contributed by atoms with Crippen LogP contribution in [0.4, 0.5) is 0 Å². The van der Waals surface area contributed by atoms with E-state index in [9.17, 15) is 4.79 Å². The standard InChI is InChI=1S/C9H9NOS/c1-6-2-4-7(5-3-6)8(11)9(10)12/h2-5H,1H3,(H2,10,12). The van der Waals surface area contributed by atoms with Crippen molar-refractivity contribution in [2.45, 2.75) is 6.92 Å². The monoisotopic (exact) mass is 179 g/mol. The van der Waals surface area contributed by atoms with Gasteiger partial charge in [0.25, 0.3) is 0 Å². The summed E-state index contributed by atoms with van der Waals surface area (Å²) in [5.41, 5.74) is 6.84. The fourth-order valence-corrected chi connectivity index (χ4v) is 0.965. The molecule has 2 N–H and O–H groups in total. The van der Waals surface area contributed by atoms with Crippen LogP contribution in [0.15, 0.2) is 24.3 Å². The average Bonchev–Trinajstić information content (AvgIpc) is 2.04. The minimum Gasteiger partial charge on any atom is -0.387 e. The van der Waals surface area contributed by atoms with Crippen molar-refractivity contribution >= 4 is 23.0 Å². The van der Waals surface area contributed by atoms with Crippen LogP contribution in [0.1, 0.15) is 15.9 Å². The van der Waals surface area contributed by atoms with E-state index in [1.807, 2.05) is 19.1 Å². The lowest BCUT2D eigenvalue weighted by Crippen LogP contribution is -2.20. The Bertz CT molecular complexity index is 316. The number of ketones is 1. The number of hydrogen-bond donors (Lipinski definition) is 1. The van der Waals surface area contributed by atoms with Gasteiger partial charge >= 0.3 is 0 Å². The van der Waals surface area contributed by atoms with Crippen LogP contribution in [-0.4, -0.2) is 10.8 Å². The molecule has 0 bridgehead atoms. The van der Waals surface area contributed by atoms with Gasteiger partial charge in [0.2, 0.25) is 5.78 Å². The molecule has 0 saturated carbocycles. The molecule has 0 aliphatic rings. The Kier molecular flexibility index (Phi) is 2.55. The molecule has 1 aromatic carbocycles. The molecule has 3 heteroatoms. The average molecular weight is 179 g/mol. The lowest BCUT2D eigenvalue weighted by molar-refractivity contribution is 0.106. The highest BCUT2D eigenvalue weighted by Gasteiger charge is 2.06. The maximum absolute atomic E-state index is 11.2. The summed E-state index contributed by atoms with van der Waals surface area (Å²) < 4.78 is 0. The quantitative estimate of drug-likeness (QED) is 0.552. The van der Waals surface area contributed by atoms with Crippen molar-refractivity contribution in [3.8, 4) is 0 Å². The van der Waals surface area contributed by atoms with Gasteiger partial charge < -0.3 is 5.73 Å². The van der Waals surface area contributed by atoms with Crippen LogP contribution in [0.3, 0.4) is 0 Å². The molecular formula is C9H9NOS.